The molecule has 0 bridgehead atoms. The van der Waals surface area contributed by atoms with Gasteiger partial charge in [0.1, 0.15) is 0 Å². The Labute approximate surface area is 596 Å². The van der Waals surface area contributed by atoms with Crippen LogP contribution in [0.15, 0.2) is 352 Å². The first-order valence-electron chi connectivity index (χ1n) is 35.6. The minimum absolute atomic E-state index is 0.871. The van der Waals surface area contributed by atoms with Crippen LogP contribution in [-0.2, 0) is 0 Å². The molecular weight excluding hydrogens is 1260 g/mol. The maximum atomic E-state index is 5.23. The summed E-state index contributed by atoms with van der Waals surface area (Å²) in [6.45, 7) is 0. The number of benzene rings is 17. The van der Waals surface area contributed by atoms with Crippen LogP contribution in [0.1, 0.15) is 0 Å². The van der Waals surface area contributed by atoms with Crippen molar-refractivity contribution in [2.45, 2.75) is 0 Å². The minimum atomic E-state index is 0.871. The van der Waals surface area contributed by atoms with E-state index in [0.717, 1.165) is 66.1 Å². The fourth-order valence-corrected chi connectivity index (χ4v) is 17.0. The van der Waals surface area contributed by atoms with Crippen LogP contribution in [0, 0.1) is 0 Å². The van der Waals surface area contributed by atoms with Gasteiger partial charge in [0.05, 0.1) is 78.9 Å². The third kappa shape index (κ3) is 8.89. The summed E-state index contributed by atoms with van der Waals surface area (Å²) in [6.07, 6.45) is 3.83. The predicted octanol–water partition coefficient (Wildman–Crippen LogP) is 25.8. The quantitative estimate of drug-likeness (QED) is 0.149. The largest absolute Gasteiger partial charge is 0.308 e. The van der Waals surface area contributed by atoms with Gasteiger partial charge < -0.3 is 8.80 Å². The highest BCUT2D eigenvalue weighted by molar-refractivity contribution is 6.28. The highest BCUT2D eigenvalue weighted by atomic mass is 14.9. The summed E-state index contributed by atoms with van der Waals surface area (Å²) in [6, 6.07) is 123. The molecule has 17 aromatic carbocycles. The van der Waals surface area contributed by atoms with Crippen molar-refractivity contribution in [3.8, 4) is 78.1 Å². The highest BCUT2D eigenvalue weighted by Crippen LogP contribution is 2.46. The number of rotatable bonds is 7. The van der Waals surface area contributed by atoms with E-state index in [1.165, 1.54) is 153 Å². The van der Waals surface area contributed by atoms with Gasteiger partial charge in [-0.3, -0.25) is 9.97 Å². The predicted molar refractivity (Wildman–Crippen MR) is 436 cm³/mol. The molecule has 0 saturated heterocycles. The number of para-hydroxylation sites is 1. The van der Waals surface area contributed by atoms with Crippen LogP contribution in [0.25, 0.3) is 219 Å². The molecule has 0 fully saturated rings. The molecule has 6 heteroatoms. The van der Waals surface area contributed by atoms with Gasteiger partial charge in [0.15, 0.2) is 0 Å². The minimum Gasteiger partial charge on any atom is -0.308 e. The summed E-state index contributed by atoms with van der Waals surface area (Å²) >= 11 is 0. The fourth-order valence-electron chi connectivity index (χ4n) is 17.0. The van der Waals surface area contributed by atoms with Gasteiger partial charge in [-0.2, -0.15) is 0 Å². The van der Waals surface area contributed by atoms with Crippen LogP contribution in [0.3, 0.4) is 0 Å². The Kier molecular flexibility index (Phi) is 12.7. The van der Waals surface area contributed by atoms with Crippen molar-refractivity contribution in [1.82, 2.24) is 28.7 Å². The Hall–Kier alpha value is -13.9. The number of hydrogen-bond donors (Lipinski definition) is 0. The molecule has 6 nitrogen and oxygen atoms in total. The van der Waals surface area contributed by atoms with Crippen molar-refractivity contribution in [3.05, 3.63) is 352 Å². The van der Waals surface area contributed by atoms with E-state index < -0.39 is 0 Å². The van der Waals surface area contributed by atoms with E-state index in [0.29, 0.717) is 0 Å². The first-order chi connectivity index (χ1) is 51.6. The molecule has 6 aromatic heterocycles. The second-order valence-electron chi connectivity index (χ2n) is 27.6. The van der Waals surface area contributed by atoms with Crippen LogP contribution >= 0.6 is 0 Å². The maximum absolute atomic E-state index is 5.23. The maximum Gasteiger partial charge on any atom is 0.0979 e. The molecule has 0 aliphatic rings. The van der Waals surface area contributed by atoms with Crippen LogP contribution in [-0.4, -0.2) is 28.7 Å². The van der Waals surface area contributed by atoms with E-state index in [-0.39, 0.29) is 0 Å². The van der Waals surface area contributed by atoms with E-state index in [4.69, 9.17) is 19.9 Å². The van der Waals surface area contributed by atoms with Crippen molar-refractivity contribution in [2.24, 2.45) is 0 Å². The molecule has 0 aliphatic carbocycles. The second kappa shape index (κ2) is 22.8. The average Bonchev–Trinajstić information content (AvgIpc) is 1.52. The Morgan fingerprint density at radius 2 is 0.413 bits per heavy atom. The molecule has 0 amide bonds. The lowest BCUT2D eigenvalue weighted by Crippen LogP contribution is -1.92. The molecule has 0 saturated carbocycles. The summed E-state index contributed by atoms with van der Waals surface area (Å²) in [5.41, 5.74) is 27.2. The monoisotopic (exact) mass is 1320 g/mol. The number of nitrogens with zero attached hydrogens (tertiary/aromatic N) is 6. The average molecular weight is 1320 g/mol. The molecule has 0 radical (unpaired) electrons. The van der Waals surface area contributed by atoms with Crippen molar-refractivity contribution < 1.29 is 0 Å². The van der Waals surface area contributed by atoms with Gasteiger partial charge >= 0.3 is 0 Å². The van der Waals surface area contributed by atoms with Crippen LogP contribution in [0.2, 0.25) is 0 Å². The molecule has 480 valence electrons. The van der Waals surface area contributed by atoms with Crippen molar-refractivity contribution in [2.75, 3.05) is 0 Å². The summed E-state index contributed by atoms with van der Waals surface area (Å²) in [5.74, 6) is 0. The second-order valence-corrected chi connectivity index (χ2v) is 27.6. The van der Waals surface area contributed by atoms with Gasteiger partial charge in [-0.05, 0) is 138 Å². The number of aromatic nitrogens is 6. The molecule has 23 rings (SSSR count). The third-order valence-corrected chi connectivity index (χ3v) is 21.9. The van der Waals surface area contributed by atoms with Crippen molar-refractivity contribution >= 4 is 141 Å². The summed E-state index contributed by atoms with van der Waals surface area (Å²) < 4.78 is 4.92. The lowest BCUT2D eigenvalue weighted by molar-refractivity contribution is 1.31. The Morgan fingerprint density at radius 1 is 0.163 bits per heavy atom. The molecule has 23 aromatic rings. The molecular formula is C98H58N6. The SMILES string of the molecule is c1ccc(-c2ccc3c(c2)c2cc(-c4ccccc4)cc4c5cc(-c6ccc(-c7cnc8c9ccccc9c9ccccc9c8n7)cc6)ccc5n3c24)cc1.c1ccc(-c2ccc3c(c2)c2cccc4c5cc(-c6ccc(-c7cnc8c9ccccc9c9ccccc9c8n7)cc6)ccc5n3c24)cc1. The van der Waals surface area contributed by atoms with Crippen molar-refractivity contribution in [3.63, 3.8) is 0 Å². The standard InChI is InChI=1S/C52H31N3.C46H27N3/c1-3-11-32(12-4-1)36-23-25-48-43(27-36)45-29-38(33-13-5-2-6-14-33)30-46-44-28-37(24-26-49(44)55(48)52(45)46)34-19-21-35(22-20-34)47-31-53-50-41-17-9-7-15-39(41)40-16-8-10-18-42(40)51(50)54-47;1-2-9-28(10-3-1)31-21-23-42-39(25-31)37-15-8-16-38-40-26-32(22-24-43(40)49(42)46(37)38)29-17-19-30(20-18-29)41-27-47-44-35-13-6-4-11-33(35)34-12-5-7-14-36(34)45(44)48-41/h1-31H;1-27H. The Morgan fingerprint density at radius 3 is 0.769 bits per heavy atom. The van der Waals surface area contributed by atoms with E-state index in [2.05, 4.69) is 349 Å². The summed E-state index contributed by atoms with van der Waals surface area (Å²) in [4.78, 5) is 20.4. The van der Waals surface area contributed by atoms with Crippen LogP contribution in [0.4, 0.5) is 0 Å². The Bertz CT molecular complexity index is 7360. The number of hydrogen-bond acceptors (Lipinski definition) is 4. The topological polar surface area (TPSA) is 60.4 Å². The molecule has 6 heterocycles. The van der Waals surface area contributed by atoms with Gasteiger partial charge in [0.2, 0.25) is 0 Å². The van der Waals surface area contributed by atoms with E-state index in [1.807, 2.05) is 12.4 Å². The van der Waals surface area contributed by atoms with Gasteiger partial charge in [-0.1, -0.05) is 279 Å². The van der Waals surface area contributed by atoms with Gasteiger partial charge in [-0.15, -0.1) is 0 Å². The van der Waals surface area contributed by atoms with Gasteiger partial charge in [-0.25, -0.2) is 9.97 Å². The highest BCUT2D eigenvalue weighted by Gasteiger charge is 2.23. The molecule has 0 aliphatic heterocycles. The van der Waals surface area contributed by atoms with Crippen molar-refractivity contribution in [1.29, 1.82) is 0 Å². The van der Waals surface area contributed by atoms with E-state index >= 15 is 0 Å². The van der Waals surface area contributed by atoms with Gasteiger partial charge in [0.25, 0.3) is 0 Å². The third-order valence-electron chi connectivity index (χ3n) is 21.9. The molecule has 0 atom stereocenters. The fraction of sp³-hybridized carbons (Fsp3) is 0. The summed E-state index contributed by atoms with van der Waals surface area (Å²) in [5, 5.41) is 19.6. The normalized spacial score (nSPS) is 12.0. The lowest BCUT2D eigenvalue weighted by atomic mass is 9.96. The number of fused-ring (bicyclic) bond motifs is 24. The van der Waals surface area contributed by atoms with E-state index in [1.54, 1.807) is 0 Å². The molecule has 104 heavy (non-hydrogen) atoms. The molecule has 0 unspecified atom stereocenters. The zero-order valence-corrected chi connectivity index (χ0v) is 56.2. The first-order valence-corrected chi connectivity index (χ1v) is 35.6. The van der Waals surface area contributed by atoms with Crippen LogP contribution < -0.4 is 0 Å². The van der Waals surface area contributed by atoms with Gasteiger partial charge in [0, 0.05) is 75.8 Å². The molecule has 0 spiro atoms. The lowest BCUT2D eigenvalue weighted by Gasteiger charge is -2.11. The first kappa shape index (κ1) is 57.9. The molecule has 0 N–H and O–H groups in total. The summed E-state index contributed by atoms with van der Waals surface area (Å²) in [7, 11) is 0. The van der Waals surface area contributed by atoms with E-state index in [9.17, 15) is 0 Å². The Balaban J connectivity index is 0.000000132. The smallest absolute Gasteiger partial charge is 0.0979 e. The van der Waals surface area contributed by atoms with Crippen LogP contribution in [0.5, 0.6) is 0 Å². The zero-order valence-electron chi connectivity index (χ0n) is 56.2. The zero-order chi connectivity index (χ0) is 68.1.